The molecule has 1 aliphatic carbocycles. The summed E-state index contributed by atoms with van der Waals surface area (Å²) in [6, 6.07) is 25.4. The maximum Gasteiger partial charge on any atom is 0.146 e. The lowest BCUT2D eigenvalue weighted by Gasteiger charge is -2.36. The molecule has 0 spiro atoms. The number of allylic oxidation sites excluding steroid dienone is 2. The van der Waals surface area contributed by atoms with Crippen LogP contribution in [0.5, 0.6) is 11.5 Å². The summed E-state index contributed by atoms with van der Waals surface area (Å²) in [7, 11) is 0. The van der Waals surface area contributed by atoms with Crippen LogP contribution < -0.4 is 9.47 Å². The highest BCUT2D eigenvalue weighted by molar-refractivity contribution is 5.95. The van der Waals surface area contributed by atoms with Gasteiger partial charge in [0.1, 0.15) is 22.7 Å². The summed E-state index contributed by atoms with van der Waals surface area (Å²) in [5, 5.41) is 4.91. The Hall–Kier alpha value is -4.04. The number of benzene rings is 4. The molecule has 0 amide bonds. The van der Waals surface area contributed by atoms with Crippen molar-refractivity contribution in [3.8, 4) is 11.5 Å². The Kier molecular flexibility index (Phi) is 4.20. The summed E-state index contributed by atoms with van der Waals surface area (Å²) < 4.78 is 13.3. The molecular formula is C33H26O2. The van der Waals surface area contributed by atoms with E-state index in [9.17, 15) is 0 Å². The predicted octanol–water partition coefficient (Wildman–Crippen LogP) is 8.28. The van der Waals surface area contributed by atoms with E-state index in [1.807, 2.05) is 0 Å². The second-order valence-corrected chi connectivity index (χ2v) is 10.0. The first-order valence-corrected chi connectivity index (χ1v) is 12.2. The zero-order valence-electron chi connectivity index (χ0n) is 19.9. The first-order valence-electron chi connectivity index (χ1n) is 12.2. The van der Waals surface area contributed by atoms with Crippen molar-refractivity contribution in [3.05, 3.63) is 119 Å². The van der Waals surface area contributed by atoms with Gasteiger partial charge in [0.15, 0.2) is 0 Å². The Balaban J connectivity index is 1.16. The zero-order chi connectivity index (χ0) is 23.6. The van der Waals surface area contributed by atoms with Gasteiger partial charge in [-0.15, -0.1) is 0 Å². The minimum absolute atomic E-state index is 0.490. The van der Waals surface area contributed by atoms with E-state index in [1.165, 1.54) is 32.7 Å². The maximum absolute atomic E-state index is 6.64. The molecule has 35 heavy (non-hydrogen) atoms. The number of fused-ring (bicyclic) bond motifs is 6. The average molecular weight is 455 g/mol. The highest BCUT2D eigenvalue weighted by Gasteiger charge is 2.39. The molecule has 0 radical (unpaired) electrons. The van der Waals surface area contributed by atoms with E-state index in [0.717, 1.165) is 29.0 Å². The van der Waals surface area contributed by atoms with E-state index in [1.54, 1.807) is 0 Å². The summed E-state index contributed by atoms with van der Waals surface area (Å²) in [5.74, 6) is 1.87. The number of hydrogen-bond acceptors (Lipinski definition) is 2. The fourth-order valence-corrected chi connectivity index (χ4v) is 5.63. The molecule has 2 atom stereocenters. The normalized spacial score (nSPS) is 24.4. The lowest BCUT2D eigenvalue weighted by molar-refractivity contribution is 0.161. The molecule has 0 saturated carbocycles. The van der Waals surface area contributed by atoms with Crippen LogP contribution in [0.25, 0.3) is 33.7 Å². The van der Waals surface area contributed by atoms with Crippen LogP contribution in [0.1, 0.15) is 31.4 Å². The number of rotatable bonds is 2. The summed E-state index contributed by atoms with van der Waals surface area (Å²) in [4.78, 5) is 0. The summed E-state index contributed by atoms with van der Waals surface area (Å²) in [6.07, 6.45) is 14.1. The first kappa shape index (κ1) is 20.3. The molecule has 0 bridgehead atoms. The largest absolute Gasteiger partial charge is 0.478 e. The molecule has 3 aliphatic rings. The topological polar surface area (TPSA) is 18.5 Å². The molecule has 7 rings (SSSR count). The van der Waals surface area contributed by atoms with Gasteiger partial charge in [-0.1, -0.05) is 85.0 Å². The van der Waals surface area contributed by atoms with Gasteiger partial charge in [0.25, 0.3) is 0 Å². The molecule has 0 saturated heterocycles. The zero-order valence-corrected chi connectivity index (χ0v) is 19.9. The molecule has 0 fully saturated rings. The Bertz CT molecular complexity index is 1530. The van der Waals surface area contributed by atoms with E-state index in [-0.39, 0.29) is 0 Å². The first-order chi connectivity index (χ1) is 17.0. The molecule has 2 heteroatoms. The van der Waals surface area contributed by atoms with Gasteiger partial charge >= 0.3 is 0 Å². The minimum Gasteiger partial charge on any atom is -0.478 e. The second-order valence-electron chi connectivity index (χ2n) is 10.0. The van der Waals surface area contributed by atoms with E-state index in [0.29, 0.717) is 0 Å². The number of hydrogen-bond donors (Lipinski definition) is 0. The van der Waals surface area contributed by atoms with Crippen LogP contribution in [0.15, 0.2) is 108 Å². The summed E-state index contributed by atoms with van der Waals surface area (Å²) in [6.45, 7) is 4.32. The maximum atomic E-state index is 6.64. The summed E-state index contributed by atoms with van der Waals surface area (Å²) in [5.41, 5.74) is 3.81. The minimum atomic E-state index is -0.490. The van der Waals surface area contributed by atoms with E-state index in [2.05, 4.69) is 123 Å². The van der Waals surface area contributed by atoms with Crippen LogP contribution in [0, 0.1) is 0 Å². The van der Waals surface area contributed by atoms with Crippen molar-refractivity contribution in [2.24, 2.45) is 0 Å². The lowest BCUT2D eigenvalue weighted by atomic mass is 9.84. The van der Waals surface area contributed by atoms with Crippen molar-refractivity contribution < 1.29 is 9.47 Å². The van der Waals surface area contributed by atoms with Crippen LogP contribution in [0.2, 0.25) is 0 Å². The van der Waals surface area contributed by atoms with Gasteiger partial charge < -0.3 is 9.47 Å². The van der Waals surface area contributed by atoms with Crippen molar-refractivity contribution in [1.29, 1.82) is 0 Å². The third-order valence-corrected chi connectivity index (χ3v) is 7.78. The van der Waals surface area contributed by atoms with Gasteiger partial charge in [-0.3, -0.25) is 0 Å². The Morgan fingerprint density at radius 1 is 0.571 bits per heavy atom. The smallest absolute Gasteiger partial charge is 0.146 e. The van der Waals surface area contributed by atoms with Gasteiger partial charge in [-0.05, 0) is 77.2 Å². The van der Waals surface area contributed by atoms with Crippen LogP contribution in [0.4, 0.5) is 0 Å². The highest BCUT2D eigenvalue weighted by atomic mass is 16.5. The number of ether oxygens (including phenoxy) is 2. The van der Waals surface area contributed by atoms with Gasteiger partial charge in [0.05, 0.1) is 0 Å². The molecule has 2 heterocycles. The third kappa shape index (κ3) is 3.10. The summed E-state index contributed by atoms with van der Waals surface area (Å²) >= 11 is 0. The molecule has 2 nitrogen and oxygen atoms in total. The van der Waals surface area contributed by atoms with Crippen LogP contribution in [-0.4, -0.2) is 11.2 Å². The van der Waals surface area contributed by atoms with E-state index in [4.69, 9.17) is 9.47 Å². The van der Waals surface area contributed by atoms with Crippen LogP contribution in [0.3, 0.4) is 0 Å². The Labute approximate surface area is 205 Å². The van der Waals surface area contributed by atoms with E-state index >= 15 is 0 Å². The molecule has 4 aromatic rings. The van der Waals surface area contributed by atoms with Crippen molar-refractivity contribution in [1.82, 2.24) is 0 Å². The SMILES string of the molecule is CC1(C2=CC=C(C3(C)C=Cc4c(ccc5ccccc45)O3)C2)C=Cc2c(ccc3ccccc23)O1. The van der Waals surface area contributed by atoms with Crippen molar-refractivity contribution in [3.63, 3.8) is 0 Å². The molecule has 2 unspecified atom stereocenters. The molecule has 4 aromatic carbocycles. The van der Waals surface area contributed by atoms with Gasteiger partial charge in [0, 0.05) is 11.1 Å². The van der Waals surface area contributed by atoms with Gasteiger partial charge in [0.2, 0.25) is 0 Å². The second kappa shape index (κ2) is 7.23. The molecular weight excluding hydrogens is 428 g/mol. The predicted molar refractivity (Wildman–Crippen MR) is 145 cm³/mol. The third-order valence-electron chi connectivity index (χ3n) is 7.78. The molecule has 2 aliphatic heterocycles. The van der Waals surface area contributed by atoms with Crippen LogP contribution in [-0.2, 0) is 0 Å². The van der Waals surface area contributed by atoms with Crippen molar-refractivity contribution in [2.45, 2.75) is 31.5 Å². The standard InChI is InChI=1S/C33H26O2/c1-32(19-17-28-26-9-5-3-7-22(26)11-15-30(28)34-32)24-13-14-25(21-24)33(2)20-18-29-27-10-6-4-8-23(27)12-16-31(29)35-33/h3-20H,21H2,1-2H3. The molecule has 170 valence electrons. The lowest BCUT2D eigenvalue weighted by Crippen LogP contribution is -2.37. The quantitative estimate of drug-likeness (QED) is 0.303. The van der Waals surface area contributed by atoms with Crippen molar-refractivity contribution in [2.75, 3.05) is 0 Å². The average Bonchev–Trinajstić information content (AvgIpc) is 3.41. The molecule has 0 N–H and O–H groups in total. The van der Waals surface area contributed by atoms with Crippen molar-refractivity contribution >= 4 is 33.7 Å². The Morgan fingerprint density at radius 3 is 1.51 bits per heavy atom. The highest BCUT2D eigenvalue weighted by Crippen LogP contribution is 2.45. The Morgan fingerprint density at radius 2 is 1.03 bits per heavy atom. The van der Waals surface area contributed by atoms with Gasteiger partial charge in [-0.2, -0.15) is 0 Å². The van der Waals surface area contributed by atoms with Gasteiger partial charge in [-0.25, -0.2) is 0 Å². The van der Waals surface area contributed by atoms with Crippen LogP contribution >= 0.6 is 0 Å². The fraction of sp³-hybridized carbons (Fsp3) is 0.152. The van der Waals surface area contributed by atoms with E-state index < -0.39 is 11.2 Å². The fourth-order valence-electron chi connectivity index (χ4n) is 5.63. The molecule has 0 aromatic heterocycles. The monoisotopic (exact) mass is 454 g/mol.